The largest absolute Gasteiger partial charge is 0.374 e. The molecule has 1 atom stereocenters. The molecule has 0 unspecified atom stereocenters. The van der Waals surface area contributed by atoms with E-state index in [1.54, 1.807) is 0 Å². The van der Waals surface area contributed by atoms with E-state index < -0.39 is 0 Å². The normalized spacial score (nSPS) is 17.3. The zero-order chi connectivity index (χ0) is 19.1. The number of H-pyrrole nitrogens is 1. The van der Waals surface area contributed by atoms with E-state index in [-0.39, 0.29) is 0 Å². The molecule has 1 aliphatic rings. The summed E-state index contributed by atoms with van der Waals surface area (Å²) in [5.41, 5.74) is 9.93. The molecule has 0 bridgehead atoms. The van der Waals surface area contributed by atoms with Gasteiger partial charge in [0.15, 0.2) is 0 Å². The van der Waals surface area contributed by atoms with Crippen molar-refractivity contribution in [3.63, 3.8) is 0 Å². The Morgan fingerprint density at radius 2 is 2.11 bits per heavy atom. The van der Waals surface area contributed by atoms with Crippen LogP contribution in [0.2, 0.25) is 0 Å². The number of aromatic nitrogens is 4. The summed E-state index contributed by atoms with van der Waals surface area (Å²) < 4.78 is 0. The van der Waals surface area contributed by atoms with E-state index in [4.69, 9.17) is 10.7 Å². The summed E-state index contributed by atoms with van der Waals surface area (Å²) in [4.78, 5) is 10.8. The Morgan fingerprint density at radius 1 is 1.18 bits per heavy atom. The highest BCUT2D eigenvalue weighted by molar-refractivity contribution is 7.18. The molecular formula is C21H22N6S. The molecule has 1 aromatic carbocycles. The van der Waals surface area contributed by atoms with Crippen LogP contribution in [-0.2, 0) is 0 Å². The van der Waals surface area contributed by atoms with E-state index in [1.807, 2.05) is 12.3 Å². The van der Waals surface area contributed by atoms with Gasteiger partial charge in [0, 0.05) is 40.8 Å². The fourth-order valence-electron chi connectivity index (χ4n) is 3.99. The predicted octanol–water partition coefficient (Wildman–Crippen LogP) is 4.71. The second-order valence-corrected chi connectivity index (χ2v) is 8.34. The van der Waals surface area contributed by atoms with Crippen molar-refractivity contribution in [2.45, 2.75) is 32.2 Å². The summed E-state index contributed by atoms with van der Waals surface area (Å²) in [5.74, 6) is 1.06. The van der Waals surface area contributed by atoms with Gasteiger partial charge in [-0.05, 0) is 56.5 Å². The van der Waals surface area contributed by atoms with Gasteiger partial charge in [-0.3, -0.25) is 0 Å². The van der Waals surface area contributed by atoms with E-state index in [0.717, 1.165) is 45.1 Å². The van der Waals surface area contributed by atoms with Crippen molar-refractivity contribution in [1.29, 1.82) is 0 Å². The van der Waals surface area contributed by atoms with Gasteiger partial charge in [0.05, 0.1) is 5.69 Å². The minimum atomic E-state index is 0.481. The van der Waals surface area contributed by atoms with Gasteiger partial charge in [-0.1, -0.05) is 17.4 Å². The van der Waals surface area contributed by atoms with Crippen LogP contribution >= 0.6 is 11.3 Å². The third-order valence-corrected chi connectivity index (χ3v) is 6.28. The fourth-order valence-corrected chi connectivity index (χ4v) is 4.59. The molecule has 3 aromatic heterocycles. The first-order valence-corrected chi connectivity index (χ1v) is 10.5. The molecule has 6 nitrogen and oxygen atoms in total. The van der Waals surface area contributed by atoms with Gasteiger partial charge < -0.3 is 15.6 Å². The maximum atomic E-state index is 5.75. The standard InChI is InChI=1S/C21H22N6S/c1-13-5-2-3-10-27(13)19-7-4-6-18(24-19)16-12-23-17-9-8-14(11-15(16)17)20-25-26-21(22)28-20/h4,6-9,11-13,23H,2-3,5,10H2,1H3,(H2,22,26)/t13-/m0/s1. The number of anilines is 2. The fraction of sp³-hybridized carbons (Fsp3) is 0.286. The van der Waals surface area contributed by atoms with Gasteiger partial charge in [0.25, 0.3) is 0 Å². The SMILES string of the molecule is C[C@H]1CCCCN1c1cccc(-c2c[nH]c3ccc(-c4nnc(N)s4)cc23)n1. The quantitative estimate of drug-likeness (QED) is 0.529. The molecule has 0 spiro atoms. The number of hydrogen-bond acceptors (Lipinski definition) is 6. The zero-order valence-corrected chi connectivity index (χ0v) is 16.5. The smallest absolute Gasteiger partial charge is 0.203 e. The first kappa shape index (κ1) is 17.2. The Labute approximate surface area is 167 Å². The second-order valence-electron chi connectivity index (χ2n) is 7.33. The number of pyridine rings is 1. The topological polar surface area (TPSA) is 83.7 Å². The monoisotopic (exact) mass is 390 g/mol. The van der Waals surface area contributed by atoms with Crippen LogP contribution in [0.3, 0.4) is 0 Å². The Balaban J connectivity index is 1.56. The van der Waals surface area contributed by atoms with Crippen molar-refractivity contribution in [2.75, 3.05) is 17.2 Å². The van der Waals surface area contributed by atoms with Gasteiger partial charge in [-0.15, -0.1) is 10.2 Å². The zero-order valence-electron chi connectivity index (χ0n) is 15.7. The number of fused-ring (bicyclic) bond motifs is 1. The van der Waals surface area contributed by atoms with Crippen molar-refractivity contribution >= 4 is 33.2 Å². The Bertz CT molecular complexity index is 1130. The van der Waals surface area contributed by atoms with E-state index in [1.165, 1.54) is 30.6 Å². The molecule has 5 rings (SSSR count). The summed E-state index contributed by atoms with van der Waals surface area (Å²) in [7, 11) is 0. The summed E-state index contributed by atoms with van der Waals surface area (Å²) in [6.07, 6.45) is 5.80. The minimum absolute atomic E-state index is 0.481. The van der Waals surface area contributed by atoms with E-state index in [2.05, 4.69) is 57.3 Å². The molecular weight excluding hydrogens is 368 g/mol. The molecule has 7 heteroatoms. The number of benzene rings is 1. The second kappa shape index (κ2) is 6.91. The van der Waals surface area contributed by atoms with Crippen LogP contribution in [0, 0.1) is 0 Å². The number of nitrogens with two attached hydrogens (primary N) is 1. The molecule has 142 valence electrons. The van der Waals surface area contributed by atoms with Gasteiger partial charge in [0.1, 0.15) is 10.8 Å². The maximum absolute atomic E-state index is 5.75. The number of aromatic amines is 1. The summed E-state index contributed by atoms with van der Waals surface area (Å²) in [5, 5.41) is 10.5. The lowest BCUT2D eigenvalue weighted by Gasteiger charge is -2.34. The average Bonchev–Trinajstić information content (AvgIpc) is 3.34. The van der Waals surface area contributed by atoms with Gasteiger partial charge >= 0.3 is 0 Å². The molecule has 3 N–H and O–H groups in total. The van der Waals surface area contributed by atoms with E-state index in [9.17, 15) is 0 Å². The molecule has 28 heavy (non-hydrogen) atoms. The van der Waals surface area contributed by atoms with Crippen LogP contribution in [0.4, 0.5) is 10.9 Å². The summed E-state index contributed by atoms with van der Waals surface area (Å²) in [6, 6.07) is 13.1. The number of piperidine rings is 1. The van der Waals surface area contributed by atoms with Crippen LogP contribution in [-0.4, -0.2) is 32.8 Å². The minimum Gasteiger partial charge on any atom is -0.374 e. The highest BCUT2D eigenvalue weighted by atomic mass is 32.1. The first-order chi connectivity index (χ1) is 13.7. The lowest BCUT2D eigenvalue weighted by atomic mass is 10.0. The molecule has 0 aliphatic carbocycles. The Kier molecular flexibility index (Phi) is 4.24. The molecule has 4 aromatic rings. The van der Waals surface area contributed by atoms with E-state index in [0.29, 0.717) is 11.2 Å². The Hall–Kier alpha value is -2.93. The molecule has 0 radical (unpaired) electrons. The molecule has 1 fully saturated rings. The van der Waals surface area contributed by atoms with Crippen molar-refractivity contribution < 1.29 is 0 Å². The summed E-state index contributed by atoms with van der Waals surface area (Å²) >= 11 is 1.40. The predicted molar refractivity (Wildman–Crippen MR) is 116 cm³/mol. The number of nitrogen functional groups attached to an aromatic ring is 1. The van der Waals surface area contributed by atoms with Crippen molar-refractivity contribution in [2.24, 2.45) is 0 Å². The first-order valence-electron chi connectivity index (χ1n) is 9.63. The van der Waals surface area contributed by atoms with Crippen LogP contribution in [0.5, 0.6) is 0 Å². The molecule has 1 aliphatic heterocycles. The molecule has 4 heterocycles. The van der Waals surface area contributed by atoms with E-state index >= 15 is 0 Å². The van der Waals surface area contributed by atoms with Crippen LogP contribution in [0.1, 0.15) is 26.2 Å². The molecule has 0 amide bonds. The van der Waals surface area contributed by atoms with Crippen molar-refractivity contribution in [3.8, 4) is 21.8 Å². The number of hydrogen-bond donors (Lipinski definition) is 2. The summed E-state index contributed by atoms with van der Waals surface area (Å²) in [6.45, 7) is 3.37. The molecule has 0 saturated carbocycles. The van der Waals surface area contributed by atoms with Gasteiger partial charge in [-0.2, -0.15) is 0 Å². The third-order valence-electron chi connectivity index (χ3n) is 5.48. The maximum Gasteiger partial charge on any atom is 0.203 e. The number of rotatable bonds is 3. The highest BCUT2D eigenvalue weighted by Gasteiger charge is 2.20. The lowest BCUT2D eigenvalue weighted by molar-refractivity contribution is 0.481. The molecule has 1 saturated heterocycles. The number of nitrogens with one attached hydrogen (secondary N) is 1. The third kappa shape index (κ3) is 3.01. The van der Waals surface area contributed by atoms with Crippen molar-refractivity contribution in [1.82, 2.24) is 20.2 Å². The lowest BCUT2D eigenvalue weighted by Crippen LogP contribution is -2.37. The van der Waals surface area contributed by atoms with Crippen LogP contribution in [0.25, 0.3) is 32.7 Å². The van der Waals surface area contributed by atoms with Gasteiger partial charge in [-0.25, -0.2) is 4.98 Å². The van der Waals surface area contributed by atoms with Crippen LogP contribution < -0.4 is 10.6 Å². The average molecular weight is 391 g/mol. The van der Waals surface area contributed by atoms with Crippen LogP contribution in [0.15, 0.2) is 42.6 Å². The Morgan fingerprint density at radius 3 is 2.93 bits per heavy atom. The number of nitrogens with zero attached hydrogens (tertiary/aromatic N) is 4. The highest BCUT2D eigenvalue weighted by Crippen LogP contribution is 2.34. The van der Waals surface area contributed by atoms with Gasteiger partial charge in [0.2, 0.25) is 5.13 Å². The van der Waals surface area contributed by atoms with Crippen molar-refractivity contribution in [3.05, 3.63) is 42.6 Å².